The van der Waals surface area contributed by atoms with Gasteiger partial charge in [-0.05, 0) is 12.1 Å². The third kappa shape index (κ3) is 2.67. The molecule has 9 heteroatoms. The van der Waals surface area contributed by atoms with E-state index in [9.17, 15) is 19.8 Å². The molecule has 1 saturated heterocycles. The molecule has 0 saturated carbocycles. The number of rotatable bonds is 2. The Balaban J connectivity index is 0.00000176. The van der Waals surface area contributed by atoms with E-state index >= 15 is 0 Å². The van der Waals surface area contributed by atoms with Crippen LogP contribution < -0.4 is 40.7 Å². The number of aliphatic hydroxyl groups excluding tert-OH is 3. The summed E-state index contributed by atoms with van der Waals surface area (Å²) >= 11 is 0. The van der Waals surface area contributed by atoms with E-state index in [1.54, 1.807) is 12.1 Å². The molecule has 8 nitrogen and oxygen atoms in total. The molecule has 4 atom stereocenters. The number of aliphatic hydroxyl groups is 3. The summed E-state index contributed by atoms with van der Waals surface area (Å²) in [5.41, 5.74) is -1.07. The number of hydrogen-bond acceptors (Lipinski definition) is 6. The number of nitrogens with one attached hydrogen (secondary N) is 1. The number of fused-ring (bicyclic) bond motifs is 1. The average Bonchev–Trinajstić information content (AvgIpc) is 2.79. The normalized spacial score (nSPS) is 27.8. The fraction of sp³-hybridized carbons (Fsp3) is 0.385. The van der Waals surface area contributed by atoms with Crippen molar-refractivity contribution in [3.8, 4) is 0 Å². The van der Waals surface area contributed by atoms with Gasteiger partial charge in [-0.15, -0.1) is 0 Å². The Morgan fingerprint density at radius 1 is 1.14 bits per heavy atom. The summed E-state index contributed by atoms with van der Waals surface area (Å²) in [4.78, 5) is 24.4. The molecule has 2 heterocycles. The second-order valence-electron chi connectivity index (χ2n) is 4.89. The van der Waals surface area contributed by atoms with Crippen LogP contribution in [0.15, 0.2) is 33.9 Å². The van der Waals surface area contributed by atoms with Gasteiger partial charge >= 0.3 is 29.6 Å². The van der Waals surface area contributed by atoms with E-state index in [2.05, 4.69) is 5.10 Å². The summed E-state index contributed by atoms with van der Waals surface area (Å²) in [5, 5.41) is 31.4. The number of aromatic nitrogens is 2. The molecule has 0 unspecified atom stereocenters. The maximum Gasteiger partial charge on any atom is 1.00 e. The third-order valence-electron chi connectivity index (χ3n) is 3.61. The second kappa shape index (κ2) is 6.63. The average molecular weight is 317 g/mol. The van der Waals surface area contributed by atoms with Crippen LogP contribution in [0.4, 0.5) is 0 Å². The van der Waals surface area contributed by atoms with Crippen molar-refractivity contribution in [1.29, 1.82) is 0 Å². The summed E-state index contributed by atoms with van der Waals surface area (Å²) in [7, 11) is 0. The Morgan fingerprint density at radius 3 is 2.36 bits per heavy atom. The molecule has 1 aromatic heterocycles. The van der Waals surface area contributed by atoms with Crippen molar-refractivity contribution in [1.82, 2.24) is 9.78 Å². The van der Waals surface area contributed by atoms with Crippen LogP contribution in [0.1, 0.15) is 6.23 Å². The molecule has 0 bridgehead atoms. The van der Waals surface area contributed by atoms with Crippen molar-refractivity contribution in [3.05, 3.63) is 45.0 Å². The first kappa shape index (κ1) is 17.4. The summed E-state index contributed by atoms with van der Waals surface area (Å²) < 4.78 is 6.09. The summed E-state index contributed by atoms with van der Waals surface area (Å²) in [6, 6.07) is 6.25. The zero-order valence-corrected chi connectivity index (χ0v) is 13.8. The van der Waals surface area contributed by atoms with Crippen LogP contribution in [0, 0.1) is 0 Å². The number of nitrogens with zero attached hydrogens (tertiary/aromatic N) is 1. The van der Waals surface area contributed by atoms with Gasteiger partial charge < -0.3 is 20.1 Å². The van der Waals surface area contributed by atoms with Crippen molar-refractivity contribution in [3.63, 3.8) is 0 Å². The zero-order chi connectivity index (χ0) is 15.1. The summed E-state index contributed by atoms with van der Waals surface area (Å²) in [6.45, 7) is -0.513. The van der Waals surface area contributed by atoms with Crippen molar-refractivity contribution < 1.29 is 49.6 Å². The smallest absolute Gasteiger partial charge is 0.394 e. The van der Waals surface area contributed by atoms with Gasteiger partial charge in [-0.1, -0.05) is 12.1 Å². The monoisotopic (exact) mass is 317 g/mol. The molecule has 1 aliphatic heterocycles. The quantitative estimate of drug-likeness (QED) is 0.413. The number of ether oxygens (including phenoxy) is 1. The van der Waals surface area contributed by atoms with E-state index in [-0.39, 0.29) is 40.3 Å². The van der Waals surface area contributed by atoms with Gasteiger partial charge in [-0.25, -0.2) is 4.68 Å². The minimum atomic E-state index is -1.43. The van der Waals surface area contributed by atoms with Crippen LogP contribution in [0.5, 0.6) is 0 Å². The summed E-state index contributed by atoms with van der Waals surface area (Å²) in [6.07, 6.45) is -5.06. The standard InChI is InChI=1S/C13H14N2O6.Na/c16-5-8-9(17)10(18)13(21-8)15-12(20)7-4-2-1-3-6(7)11(19)14-15;/h1-4,8-10,13,16-18H,5H2,(H,14,19);/q;+1/t8-,9-,10-,13-;/m1./s1. The van der Waals surface area contributed by atoms with Crippen LogP contribution in [0.3, 0.4) is 0 Å². The number of benzene rings is 1. The molecule has 1 aromatic carbocycles. The van der Waals surface area contributed by atoms with Crippen molar-refractivity contribution >= 4 is 10.8 Å². The summed E-state index contributed by atoms with van der Waals surface area (Å²) in [5.74, 6) is 0. The first-order valence-electron chi connectivity index (χ1n) is 6.40. The first-order chi connectivity index (χ1) is 10.0. The Kier molecular flexibility index (Phi) is 5.23. The van der Waals surface area contributed by atoms with Crippen LogP contribution in [-0.4, -0.2) is 50.0 Å². The Bertz CT molecular complexity index is 788. The van der Waals surface area contributed by atoms with Crippen molar-refractivity contribution in [2.45, 2.75) is 24.5 Å². The Labute approximate surface area is 146 Å². The molecule has 0 spiro atoms. The predicted molar refractivity (Wildman–Crippen MR) is 71.8 cm³/mol. The molecule has 4 N–H and O–H groups in total. The zero-order valence-electron chi connectivity index (χ0n) is 11.8. The molecular formula is C13H14N2NaO6+. The SMILES string of the molecule is O=c1[nH]n([C@@H]2O[C@H](CO)[C@@H](O)[C@H]2O)c(=O)c2ccccc12.[Na+]. The maximum absolute atomic E-state index is 12.4. The van der Waals surface area contributed by atoms with E-state index in [4.69, 9.17) is 9.84 Å². The van der Waals surface area contributed by atoms with Crippen molar-refractivity contribution in [2.24, 2.45) is 0 Å². The van der Waals surface area contributed by atoms with Gasteiger partial charge in [0.1, 0.15) is 18.3 Å². The molecule has 3 rings (SSSR count). The molecule has 1 aliphatic rings. The molecule has 2 aromatic rings. The van der Waals surface area contributed by atoms with E-state index in [0.29, 0.717) is 0 Å². The van der Waals surface area contributed by atoms with Crippen LogP contribution in [0.2, 0.25) is 0 Å². The third-order valence-corrected chi connectivity index (χ3v) is 3.61. The fourth-order valence-corrected chi connectivity index (χ4v) is 2.49. The largest absolute Gasteiger partial charge is 1.00 e. The molecule has 0 aliphatic carbocycles. The number of H-pyrrole nitrogens is 1. The minimum Gasteiger partial charge on any atom is -0.394 e. The second-order valence-corrected chi connectivity index (χ2v) is 4.89. The van der Waals surface area contributed by atoms with E-state index in [0.717, 1.165) is 4.68 Å². The predicted octanol–water partition coefficient (Wildman–Crippen LogP) is -4.69. The molecule has 22 heavy (non-hydrogen) atoms. The molecule has 1 fully saturated rings. The van der Waals surface area contributed by atoms with E-state index in [1.165, 1.54) is 12.1 Å². The minimum absolute atomic E-state index is 0. The van der Waals surface area contributed by atoms with E-state index in [1.807, 2.05) is 0 Å². The van der Waals surface area contributed by atoms with Crippen LogP contribution in [0.25, 0.3) is 10.8 Å². The molecule has 0 amide bonds. The molecule has 112 valence electrons. The van der Waals surface area contributed by atoms with Gasteiger partial charge in [0.15, 0.2) is 6.23 Å². The van der Waals surface area contributed by atoms with Crippen LogP contribution >= 0.6 is 0 Å². The van der Waals surface area contributed by atoms with Crippen molar-refractivity contribution in [2.75, 3.05) is 6.61 Å². The van der Waals surface area contributed by atoms with Crippen LogP contribution in [-0.2, 0) is 4.74 Å². The van der Waals surface area contributed by atoms with E-state index < -0.39 is 42.3 Å². The maximum atomic E-state index is 12.4. The number of hydrogen-bond donors (Lipinski definition) is 4. The number of aromatic amines is 1. The van der Waals surface area contributed by atoms with Gasteiger partial charge in [0, 0.05) is 0 Å². The Hall–Kier alpha value is -1.000. The molecule has 0 radical (unpaired) electrons. The van der Waals surface area contributed by atoms with Gasteiger partial charge in [-0.3, -0.25) is 14.7 Å². The topological polar surface area (TPSA) is 125 Å². The van der Waals surface area contributed by atoms with Gasteiger partial charge in [-0.2, -0.15) is 0 Å². The molecular weight excluding hydrogens is 303 g/mol. The van der Waals surface area contributed by atoms with Gasteiger partial charge in [0.2, 0.25) is 0 Å². The fourth-order valence-electron chi connectivity index (χ4n) is 2.49. The van der Waals surface area contributed by atoms with Gasteiger partial charge in [0.05, 0.1) is 17.4 Å². The Morgan fingerprint density at radius 2 is 1.77 bits per heavy atom. The van der Waals surface area contributed by atoms with Gasteiger partial charge in [0.25, 0.3) is 11.1 Å². The first-order valence-corrected chi connectivity index (χ1v) is 6.40.